The number of hydrogen-bond acceptors (Lipinski definition) is 2. The number of benzene rings is 2. The van der Waals surface area contributed by atoms with E-state index in [1.165, 1.54) is 70.6 Å². The largest absolute Gasteiger partial charge is 1.00 e. The van der Waals surface area contributed by atoms with Crippen molar-refractivity contribution in [1.29, 1.82) is 0 Å². The minimum absolute atomic E-state index is 0. The summed E-state index contributed by atoms with van der Waals surface area (Å²) in [5.74, 6) is 0.979. The zero-order chi connectivity index (χ0) is 29.8. The van der Waals surface area contributed by atoms with E-state index in [2.05, 4.69) is 68.1 Å². The third-order valence-electron chi connectivity index (χ3n) is 8.10. The van der Waals surface area contributed by atoms with Gasteiger partial charge >= 0.3 is 0 Å². The number of carbonyl (C=O) groups is 1. The summed E-state index contributed by atoms with van der Waals surface area (Å²) in [6.07, 6.45) is 21.4. The lowest BCUT2D eigenvalue weighted by atomic mass is 10.1. The fraction of sp³-hybridized carbons (Fsp3) is 0.526. The van der Waals surface area contributed by atoms with Crippen LogP contribution in [0.25, 0.3) is 0 Å². The first-order valence-electron chi connectivity index (χ1n) is 16.7. The van der Waals surface area contributed by atoms with Crippen LogP contribution >= 0.6 is 0 Å². The molecule has 1 aromatic heterocycles. The normalized spacial score (nSPS) is 10.8. The molecule has 43 heavy (non-hydrogen) atoms. The van der Waals surface area contributed by atoms with E-state index in [-0.39, 0.29) is 29.9 Å². The van der Waals surface area contributed by atoms with Gasteiger partial charge in [-0.1, -0.05) is 115 Å². The third kappa shape index (κ3) is 13.8. The van der Waals surface area contributed by atoms with Crippen LogP contribution in [0.4, 0.5) is 0 Å². The van der Waals surface area contributed by atoms with Crippen LogP contribution in [0.5, 0.6) is 5.75 Å². The van der Waals surface area contributed by atoms with E-state index in [0.717, 1.165) is 48.4 Å². The van der Waals surface area contributed by atoms with Gasteiger partial charge in [0.25, 0.3) is 5.91 Å². The Kier molecular flexibility index (Phi) is 18.9. The number of halogens is 1. The van der Waals surface area contributed by atoms with Crippen molar-refractivity contribution in [3.63, 3.8) is 0 Å². The van der Waals surface area contributed by atoms with Gasteiger partial charge in [0.15, 0.2) is 12.4 Å². The van der Waals surface area contributed by atoms with Crippen molar-refractivity contribution in [1.82, 2.24) is 4.90 Å². The lowest BCUT2D eigenvalue weighted by Crippen LogP contribution is -3.00. The average Bonchev–Trinajstić information content (AvgIpc) is 3.01. The molecule has 0 saturated heterocycles. The lowest BCUT2D eigenvalue weighted by molar-refractivity contribution is -0.697. The summed E-state index contributed by atoms with van der Waals surface area (Å²) in [5, 5.41) is 0. The highest BCUT2D eigenvalue weighted by Crippen LogP contribution is 2.24. The molecule has 0 aliphatic carbocycles. The van der Waals surface area contributed by atoms with Crippen LogP contribution < -0.4 is 33.3 Å². The molecule has 0 fully saturated rings. The second-order valence-corrected chi connectivity index (χ2v) is 11.8. The van der Waals surface area contributed by atoms with E-state index in [1.54, 1.807) is 0 Å². The summed E-state index contributed by atoms with van der Waals surface area (Å²) in [5.41, 5.74) is 4.10. The van der Waals surface area contributed by atoms with Crippen LogP contribution in [0.3, 0.4) is 0 Å². The number of hydrogen-bond donors (Lipinski definition) is 0. The first-order chi connectivity index (χ1) is 20.6. The van der Waals surface area contributed by atoms with Gasteiger partial charge < -0.3 is 33.6 Å². The molecule has 0 atom stereocenters. The van der Waals surface area contributed by atoms with Gasteiger partial charge in [0, 0.05) is 30.2 Å². The molecule has 3 rings (SSSR count). The summed E-state index contributed by atoms with van der Waals surface area (Å²) in [6, 6.07) is 20.0. The fourth-order valence-electron chi connectivity index (χ4n) is 5.57. The van der Waals surface area contributed by atoms with Gasteiger partial charge in [0.1, 0.15) is 12.3 Å². The number of carbonyl (C=O) groups excluding carboxylic acids is 1. The molecule has 0 saturated carbocycles. The van der Waals surface area contributed by atoms with Gasteiger partial charge in [0.05, 0.1) is 13.2 Å². The molecule has 5 heteroatoms. The van der Waals surface area contributed by atoms with Crippen molar-refractivity contribution in [2.24, 2.45) is 0 Å². The smallest absolute Gasteiger partial charge is 0.254 e. The number of pyridine rings is 1. The van der Waals surface area contributed by atoms with E-state index in [0.29, 0.717) is 18.7 Å². The Morgan fingerprint density at radius 2 is 1.37 bits per heavy atom. The van der Waals surface area contributed by atoms with Crippen molar-refractivity contribution in [2.45, 2.75) is 124 Å². The minimum Gasteiger partial charge on any atom is -1.00 e. The number of rotatable bonds is 21. The molecule has 236 valence electrons. The van der Waals surface area contributed by atoms with Gasteiger partial charge in [0.2, 0.25) is 0 Å². The Morgan fingerprint density at radius 1 is 0.721 bits per heavy atom. The molecular formula is C38H55IN2O2. The average molecular weight is 699 g/mol. The second kappa shape index (κ2) is 22.2. The molecule has 4 nitrogen and oxygen atoms in total. The Bertz CT molecular complexity index is 1170. The predicted molar refractivity (Wildman–Crippen MR) is 175 cm³/mol. The number of unbranched alkanes of at least 4 members (excludes halogenated alkanes) is 11. The summed E-state index contributed by atoms with van der Waals surface area (Å²) < 4.78 is 8.45. The Labute approximate surface area is 279 Å². The predicted octanol–water partition coefficient (Wildman–Crippen LogP) is 6.62. The number of nitrogens with zero attached hydrogens (tertiary/aromatic N) is 2. The quantitative estimate of drug-likeness (QED) is 0.0713. The van der Waals surface area contributed by atoms with Crippen LogP contribution in [-0.2, 0) is 19.6 Å². The van der Waals surface area contributed by atoms with E-state index < -0.39 is 0 Å². The first kappa shape index (κ1) is 36.8. The highest BCUT2D eigenvalue weighted by Gasteiger charge is 2.19. The van der Waals surface area contributed by atoms with Crippen molar-refractivity contribution < 1.29 is 38.1 Å². The molecule has 3 aromatic rings. The van der Waals surface area contributed by atoms with Crippen molar-refractivity contribution in [2.75, 3.05) is 6.61 Å². The maximum Gasteiger partial charge on any atom is 0.254 e. The van der Waals surface area contributed by atoms with Crippen molar-refractivity contribution in [3.05, 3.63) is 95.3 Å². The molecule has 0 spiro atoms. The van der Waals surface area contributed by atoms with Crippen molar-refractivity contribution >= 4 is 5.91 Å². The second-order valence-electron chi connectivity index (χ2n) is 11.8. The van der Waals surface area contributed by atoms with Gasteiger partial charge in [-0.15, -0.1) is 0 Å². The number of ether oxygens (including phenoxy) is 1. The zero-order valence-corrected chi connectivity index (χ0v) is 29.2. The van der Waals surface area contributed by atoms with Crippen LogP contribution in [0.1, 0.15) is 124 Å². The van der Waals surface area contributed by atoms with Gasteiger partial charge in [-0.05, 0) is 48.7 Å². The maximum atomic E-state index is 13.7. The monoisotopic (exact) mass is 698 g/mol. The molecule has 0 unspecified atom stereocenters. The molecule has 1 heterocycles. The molecule has 0 aliphatic rings. The molecule has 0 bridgehead atoms. The topological polar surface area (TPSA) is 33.4 Å². The van der Waals surface area contributed by atoms with E-state index in [9.17, 15) is 4.79 Å². The lowest BCUT2D eigenvalue weighted by Gasteiger charge is -2.24. The summed E-state index contributed by atoms with van der Waals surface area (Å²) in [7, 11) is 0. The van der Waals surface area contributed by atoms with E-state index in [1.807, 2.05) is 35.2 Å². The van der Waals surface area contributed by atoms with Crippen LogP contribution in [0.2, 0.25) is 0 Å². The fourth-order valence-corrected chi connectivity index (χ4v) is 5.57. The molecule has 0 N–H and O–H groups in total. The Morgan fingerprint density at radius 3 is 2.02 bits per heavy atom. The highest BCUT2D eigenvalue weighted by atomic mass is 127. The van der Waals surface area contributed by atoms with Gasteiger partial charge in [-0.25, -0.2) is 4.57 Å². The van der Waals surface area contributed by atoms with E-state index >= 15 is 0 Å². The standard InChI is InChI=1S/C38H55N2O2.HI/c1-4-6-7-8-9-10-11-12-13-14-15-19-29-42-37-26-20-25-36(33(37)3)32-40(38(41)35-23-17-16-18-24-35)31-34-22-21-28-39(30-34)27-5-2;/h16-18,20-26,28,30H,4-15,19,27,29,31-32H2,1-3H3;1H/q+1;/p-1. The van der Waals surface area contributed by atoms with Crippen molar-refractivity contribution in [3.8, 4) is 5.75 Å². The minimum atomic E-state index is 0. The van der Waals surface area contributed by atoms with Crippen LogP contribution in [-0.4, -0.2) is 17.4 Å². The molecule has 0 radical (unpaired) electrons. The first-order valence-corrected chi connectivity index (χ1v) is 16.7. The number of aromatic nitrogens is 1. The van der Waals surface area contributed by atoms with Crippen LogP contribution in [0, 0.1) is 6.92 Å². The summed E-state index contributed by atoms with van der Waals surface area (Å²) in [4.78, 5) is 15.6. The SMILES string of the molecule is CCCCCCCCCCCCCCOc1cccc(CN(Cc2ccc[n+](CCC)c2)C(=O)c2ccccc2)c1C.[I-]. The van der Waals surface area contributed by atoms with Gasteiger partial charge in [-0.3, -0.25) is 4.79 Å². The van der Waals surface area contributed by atoms with Gasteiger partial charge in [-0.2, -0.15) is 0 Å². The van der Waals surface area contributed by atoms with E-state index in [4.69, 9.17) is 4.74 Å². The molecular weight excluding hydrogens is 643 g/mol. The molecule has 2 aromatic carbocycles. The molecule has 1 amide bonds. The number of aryl methyl sites for hydroxylation is 1. The summed E-state index contributed by atoms with van der Waals surface area (Å²) in [6.45, 7) is 9.40. The summed E-state index contributed by atoms with van der Waals surface area (Å²) >= 11 is 0. The Balaban J connectivity index is 0.00000645. The zero-order valence-electron chi connectivity index (χ0n) is 27.0. The maximum absolute atomic E-state index is 13.7. The highest BCUT2D eigenvalue weighted by molar-refractivity contribution is 5.94. The number of amides is 1. The third-order valence-corrected chi connectivity index (χ3v) is 8.10. The van der Waals surface area contributed by atoms with Crippen LogP contribution in [0.15, 0.2) is 73.1 Å². The molecule has 0 aliphatic heterocycles. The Hall–Kier alpha value is -2.41.